The van der Waals surface area contributed by atoms with Crippen LogP contribution in [-0.4, -0.2) is 75.3 Å². The number of furan rings is 1. The molecule has 3 atom stereocenters. The summed E-state index contributed by atoms with van der Waals surface area (Å²) in [6.07, 6.45) is 2.87. The molecule has 0 aliphatic heterocycles. The van der Waals surface area contributed by atoms with Gasteiger partial charge in [0.25, 0.3) is 11.8 Å². The van der Waals surface area contributed by atoms with Crippen molar-refractivity contribution in [3.8, 4) is 11.3 Å². The molecule has 1 heterocycles. The summed E-state index contributed by atoms with van der Waals surface area (Å²) >= 11 is 0. The third kappa shape index (κ3) is 9.73. The van der Waals surface area contributed by atoms with Crippen LogP contribution in [0.2, 0.25) is 0 Å². The van der Waals surface area contributed by atoms with Crippen LogP contribution in [0.5, 0.6) is 0 Å². The fraction of sp³-hybridized carbons (Fsp3) is 0.429. The van der Waals surface area contributed by atoms with Crippen LogP contribution in [0.4, 0.5) is 0 Å². The second kappa shape index (κ2) is 16.5. The summed E-state index contributed by atoms with van der Waals surface area (Å²) in [7, 11) is 0. The highest BCUT2D eigenvalue weighted by Crippen LogP contribution is 2.23. The highest BCUT2D eigenvalue weighted by molar-refractivity contribution is 5.97. The molecule has 0 radical (unpaired) electrons. The standard InChI is InChI=1S/C28H36N4O10/c1-3-5-6-7-19(21(4-2)32(41)16-33)26(37)29-15-30-27(38)23-13-12-22(42-23)17-8-10-18(11-9-17)25(36)31-20(28(39)40)14-24(34)35/h8-13,16,19-21,41H,3-7,14-15H2,1-2H3,(H,29,37)(H,30,38)(H,31,36)(H,34,35)(H,39,40)/t19-,20-,21-/m1/s1. The van der Waals surface area contributed by atoms with Gasteiger partial charge in [0.2, 0.25) is 12.3 Å². The van der Waals surface area contributed by atoms with E-state index in [9.17, 15) is 34.0 Å². The molecule has 42 heavy (non-hydrogen) atoms. The number of unbranched alkanes of at least 4 members (excludes halogenated alkanes) is 2. The monoisotopic (exact) mass is 588 g/mol. The number of nitrogens with zero attached hydrogens (tertiary/aromatic N) is 1. The van der Waals surface area contributed by atoms with E-state index in [1.165, 1.54) is 36.4 Å². The summed E-state index contributed by atoms with van der Waals surface area (Å²) in [5.41, 5.74) is 0.593. The maximum Gasteiger partial charge on any atom is 0.326 e. The Labute approximate surface area is 242 Å². The SMILES string of the molecule is CCCCC[C@@H](C(=O)NCNC(=O)c1ccc(-c2ccc(C(=O)N[C@H](CC(=O)O)C(=O)O)cc2)o1)[C@@H](CC)N(O)C=O. The molecular formula is C28H36N4O10. The molecule has 1 aromatic carbocycles. The first-order valence-corrected chi connectivity index (χ1v) is 13.5. The Morgan fingerprint density at radius 1 is 0.952 bits per heavy atom. The summed E-state index contributed by atoms with van der Waals surface area (Å²) in [4.78, 5) is 70.9. The van der Waals surface area contributed by atoms with Crippen LogP contribution in [0.25, 0.3) is 11.3 Å². The fourth-order valence-electron chi connectivity index (χ4n) is 4.29. The molecule has 0 saturated heterocycles. The zero-order chi connectivity index (χ0) is 31.2. The molecule has 14 heteroatoms. The zero-order valence-electron chi connectivity index (χ0n) is 23.4. The molecule has 0 unspecified atom stereocenters. The molecule has 228 valence electrons. The van der Waals surface area contributed by atoms with E-state index in [1.54, 1.807) is 6.92 Å². The number of carbonyl (C=O) groups excluding carboxylic acids is 4. The van der Waals surface area contributed by atoms with Crippen LogP contribution in [0.1, 0.15) is 73.3 Å². The molecular weight excluding hydrogens is 552 g/mol. The molecule has 0 aliphatic rings. The van der Waals surface area contributed by atoms with Gasteiger partial charge in [-0.25, -0.2) is 9.86 Å². The van der Waals surface area contributed by atoms with Gasteiger partial charge in [-0.3, -0.25) is 29.2 Å². The summed E-state index contributed by atoms with van der Waals surface area (Å²) in [6, 6.07) is 6.45. The maximum atomic E-state index is 12.9. The molecule has 0 bridgehead atoms. The van der Waals surface area contributed by atoms with Crippen molar-refractivity contribution in [1.82, 2.24) is 21.0 Å². The van der Waals surface area contributed by atoms with E-state index in [1.807, 2.05) is 6.92 Å². The number of hydroxylamine groups is 2. The van der Waals surface area contributed by atoms with E-state index in [2.05, 4.69) is 16.0 Å². The van der Waals surface area contributed by atoms with Crippen LogP contribution in [0, 0.1) is 5.92 Å². The molecule has 0 fully saturated rings. The first-order chi connectivity index (χ1) is 20.0. The first-order valence-electron chi connectivity index (χ1n) is 13.5. The largest absolute Gasteiger partial charge is 0.481 e. The number of carboxylic acids is 2. The van der Waals surface area contributed by atoms with Gasteiger partial charge in [-0.1, -0.05) is 45.2 Å². The minimum Gasteiger partial charge on any atom is -0.481 e. The zero-order valence-corrected chi connectivity index (χ0v) is 23.4. The average Bonchev–Trinajstić information content (AvgIpc) is 3.46. The number of amides is 4. The molecule has 4 amide bonds. The van der Waals surface area contributed by atoms with Gasteiger partial charge in [0.15, 0.2) is 5.76 Å². The topological polar surface area (TPSA) is 216 Å². The lowest BCUT2D eigenvalue weighted by Gasteiger charge is -2.29. The Balaban J connectivity index is 1.98. The number of benzene rings is 1. The summed E-state index contributed by atoms with van der Waals surface area (Å²) in [5.74, 6) is -5.06. The number of aliphatic carboxylic acids is 2. The smallest absolute Gasteiger partial charge is 0.326 e. The molecule has 0 aliphatic carbocycles. The van der Waals surface area contributed by atoms with Gasteiger partial charge < -0.3 is 30.6 Å². The second-order valence-corrected chi connectivity index (χ2v) is 9.49. The van der Waals surface area contributed by atoms with E-state index < -0.39 is 54.1 Å². The normalized spacial score (nSPS) is 12.8. The van der Waals surface area contributed by atoms with E-state index in [4.69, 9.17) is 14.6 Å². The minimum absolute atomic E-state index is 0.0487. The van der Waals surface area contributed by atoms with Crippen LogP contribution < -0.4 is 16.0 Å². The quantitative estimate of drug-likeness (QED) is 0.0491. The Morgan fingerprint density at radius 3 is 2.21 bits per heavy atom. The minimum atomic E-state index is -1.59. The molecule has 2 aromatic rings. The lowest BCUT2D eigenvalue weighted by molar-refractivity contribution is -0.168. The van der Waals surface area contributed by atoms with Crippen molar-refractivity contribution in [3.63, 3.8) is 0 Å². The summed E-state index contributed by atoms with van der Waals surface area (Å²) in [5, 5.41) is 35.6. The molecule has 0 saturated carbocycles. The first kappa shape index (κ1) is 33.5. The van der Waals surface area contributed by atoms with Crippen molar-refractivity contribution in [2.24, 2.45) is 5.92 Å². The van der Waals surface area contributed by atoms with Gasteiger partial charge in [0.1, 0.15) is 11.8 Å². The maximum absolute atomic E-state index is 12.9. The van der Waals surface area contributed by atoms with Gasteiger partial charge in [-0.2, -0.15) is 0 Å². The van der Waals surface area contributed by atoms with Crippen LogP contribution >= 0.6 is 0 Å². The molecule has 0 spiro atoms. The third-order valence-electron chi connectivity index (χ3n) is 6.54. The van der Waals surface area contributed by atoms with Gasteiger partial charge in [0.05, 0.1) is 25.0 Å². The Bertz CT molecular complexity index is 1240. The predicted octanol–water partition coefficient (Wildman–Crippen LogP) is 2.23. The molecule has 6 N–H and O–H groups in total. The number of hydrogen-bond acceptors (Lipinski definition) is 8. The Morgan fingerprint density at radius 2 is 1.64 bits per heavy atom. The number of carboxylic acid groups (broad SMARTS) is 2. The van der Waals surface area contributed by atoms with Crippen LogP contribution in [0.3, 0.4) is 0 Å². The van der Waals surface area contributed by atoms with E-state index in [0.717, 1.165) is 19.3 Å². The lowest BCUT2D eigenvalue weighted by atomic mass is 9.90. The molecule has 1 aromatic heterocycles. The Kier molecular flexibility index (Phi) is 13.2. The fourth-order valence-corrected chi connectivity index (χ4v) is 4.29. The average molecular weight is 589 g/mol. The van der Waals surface area contributed by atoms with Crippen molar-refractivity contribution in [3.05, 3.63) is 47.7 Å². The van der Waals surface area contributed by atoms with Crippen molar-refractivity contribution < 1.29 is 48.6 Å². The van der Waals surface area contributed by atoms with Gasteiger partial charge >= 0.3 is 11.9 Å². The van der Waals surface area contributed by atoms with Crippen LogP contribution in [-0.2, 0) is 19.2 Å². The van der Waals surface area contributed by atoms with Crippen molar-refractivity contribution in [2.75, 3.05) is 6.67 Å². The van der Waals surface area contributed by atoms with Crippen LogP contribution in [0.15, 0.2) is 40.8 Å². The van der Waals surface area contributed by atoms with Gasteiger partial charge in [-0.05, 0) is 37.1 Å². The highest BCUT2D eigenvalue weighted by Gasteiger charge is 2.30. The molecule has 14 nitrogen and oxygen atoms in total. The predicted molar refractivity (Wildman–Crippen MR) is 147 cm³/mol. The van der Waals surface area contributed by atoms with E-state index in [0.29, 0.717) is 29.2 Å². The van der Waals surface area contributed by atoms with Crippen molar-refractivity contribution in [1.29, 1.82) is 0 Å². The Hall–Kier alpha value is -4.72. The lowest BCUT2D eigenvalue weighted by Crippen LogP contribution is -2.47. The number of rotatable bonds is 18. The van der Waals surface area contributed by atoms with Gasteiger partial charge in [-0.15, -0.1) is 0 Å². The van der Waals surface area contributed by atoms with Crippen molar-refractivity contribution in [2.45, 2.75) is 64.5 Å². The summed E-state index contributed by atoms with van der Waals surface area (Å²) in [6.45, 7) is 3.56. The number of hydrogen-bond donors (Lipinski definition) is 6. The summed E-state index contributed by atoms with van der Waals surface area (Å²) < 4.78 is 5.60. The molecule has 2 rings (SSSR count). The number of carbonyl (C=O) groups is 6. The van der Waals surface area contributed by atoms with E-state index in [-0.39, 0.29) is 24.4 Å². The number of nitrogens with one attached hydrogen (secondary N) is 3. The van der Waals surface area contributed by atoms with Crippen molar-refractivity contribution >= 4 is 36.1 Å². The third-order valence-corrected chi connectivity index (χ3v) is 6.54. The van der Waals surface area contributed by atoms with E-state index >= 15 is 0 Å². The highest BCUT2D eigenvalue weighted by atomic mass is 16.5. The van der Waals surface area contributed by atoms with Gasteiger partial charge in [0, 0.05) is 11.1 Å². The second-order valence-electron chi connectivity index (χ2n) is 9.49.